The third-order valence-electron chi connectivity index (χ3n) is 2.77. The number of nitrogens with two attached hydrogens (primary N) is 1. The minimum Gasteiger partial charge on any atom is -0.399 e. The number of hydrogen-bond donors (Lipinski definition) is 1. The van der Waals surface area contributed by atoms with Gasteiger partial charge in [-0.2, -0.15) is 8.42 Å². The Morgan fingerprint density at radius 2 is 2.05 bits per heavy atom. The van der Waals surface area contributed by atoms with Gasteiger partial charge in [0, 0.05) is 30.9 Å². The molecular formula is C11H15FN2O4S. The van der Waals surface area contributed by atoms with Crippen LogP contribution in [0.5, 0.6) is 5.75 Å². The van der Waals surface area contributed by atoms with E-state index in [2.05, 4.69) is 9.08 Å². The molecule has 0 radical (unpaired) electrons. The molecule has 0 saturated carbocycles. The Morgan fingerprint density at radius 1 is 1.37 bits per heavy atom. The highest BCUT2D eigenvalue weighted by Gasteiger charge is 2.17. The maximum Gasteiger partial charge on any atom is 0.488 e. The maximum absolute atomic E-state index is 12.6. The quantitative estimate of drug-likeness (QED) is 0.649. The molecule has 1 aliphatic heterocycles. The Bertz CT molecular complexity index is 544. The van der Waals surface area contributed by atoms with Crippen LogP contribution in [0.4, 0.5) is 9.57 Å². The zero-order valence-electron chi connectivity index (χ0n) is 10.2. The second-order valence-corrected chi connectivity index (χ2v) is 5.18. The number of nitrogens with zero attached hydrogens (tertiary/aromatic N) is 1. The molecule has 106 valence electrons. The summed E-state index contributed by atoms with van der Waals surface area (Å²) in [6.07, 6.45) is 0. The van der Waals surface area contributed by atoms with E-state index in [1.807, 2.05) is 0 Å². The number of rotatable bonds is 4. The molecular weight excluding hydrogens is 275 g/mol. The zero-order chi connectivity index (χ0) is 13.9. The van der Waals surface area contributed by atoms with Gasteiger partial charge in [0.2, 0.25) is 0 Å². The van der Waals surface area contributed by atoms with Gasteiger partial charge in [0.15, 0.2) is 0 Å². The molecule has 8 heteroatoms. The van der Waals surface area contributed by atoms with E-state index in [0.717, 1.165) is 13.1 Å². The van der Waals surface area contributed by atoms with Crippen molar-refractivity contribution in [2.24, 2.45) is 0 Å². The highest BCUT2D eigenvalue weighted by atomic mass is 32.3. The van der Waals surface area contributed by atoms with Gasteiger partial charge in [0.25, 0.3) is 0 Å². The minimum absolute atomic E-state index is 0.0387. The molecule has 1 aromatic carbocycles. The molecule has 0 spiro atoms. The summed E-state index contributed by atoms with van der Waals surface area (Å²) in [6, 6.07) is 4.39. The molecule has 0 aromatic heterocycles. The number of nitrogen functional groups attached to an aromatic ring is 1. The third-order valence-corrected chi connectivity index (χ3v) is 3.15. The van der Waals surface area contributed by atoms with Crippen LogP contribution in [0.15, 0.2) is 18.2 Å². The number of ether oxygens (including phenoxy) is 1. The molecule has 1 saturated heterocycles. The summed E-state index contributed by atoms with van der Waals surface area (Å²) in [5.74, 6) is -0.0387. The lowest BCUT2D eigenvalue weighted by atomic mass is 10.1. The molecule has 0 atom stereocenters. The van der Waals surface area contributed by atoms with E-state index in [1.54, 1.807) is 6.07 Å². The Hall–Kier alpha value is -1.38. The van der Waals surface area contributed by atoms with Crippen LogP contribution in [0.25, 0.3) is 0 Å². The van der Waals surface area contributed by atoms with Gasteiger partial charge in [-0.05, 0) is 18.2 Å². The Balaban J connectivity index is 2.19. The fourth-order valence-electron chi connectivity index (χ4n) is 1.91. The van der Waals surface area contributed by atoms with Crippen molar-refractivity contribution in [3.8, 4) is 5.75 Å². The number of halogens is 1. The molecule has 19 heavy (non-hydrogen) atoms. The van der Waals surface area contributed by atoms with Crippen molar-refractivity contribution in [2.75, 3.05) is 32.0 Å². The maximum atomic E-state index is 12.6. The van der Waals surface area contributed by atoms with E-state index < -0.39 is 10.5 Å². The normalized spacial score (nSPS) is 17.3. The summed E-state index contributed by atoms with van der Waals surface area (Å²) in [5, 5.41) is 0. The van der Waals surface area contributed by atoms with Crippen molar-refractivity contribution < 1.29 is 21.2 Å². The molecule has 0 unspecified atom stereocenters. The van der Waals surface area contributed by atoms with Gasteiger partial charge < -0.3 is 14.7 Å². The fraction of sp³-hybridized carbons (Fsp3) is 0.455. The topological polar surface area (TPSA) is 81.9 Å². The van der Waals surface area contributed by atoms with E-state index in [-0.39, 0.29) is 5.75 Å². The van der Waals surface area contributed by atoms with Crippen molar-refractivity contribution in [2.45, 2.75) is 6.54 Å². The molecule has 0 amide bonds. The average Bonchev–Trinajstić information content (AvgIpc) is 2.32. The van der Waals surface area contributed by atoms with Gasteiger partial charge in [0.1, 0.15) is 5.75 Å². The van der Waals surface area contributed by atoms with Crippen molar-refractivity contribution in [3.05, 3.63) is 23.8 Å². The first kappa shape index (κ1) is 14.0. The van der Waals surface area contributed by atoms with Crippen LogP contribution in [0.3, 0.4) is 0 Å². The summed E-state index contributed by atoms with van der Waals surface area (Å²) in [5.41, 5.74) is 6.65. The van der Waals surface area contributed by atoms with Gasteiger partial charge in [-0.15, -0.1) is 0 Å². The Kier molecular flexibility index (Phi) is 4.23. The number of morpholine rings is 1. The average molecular weight is 290 g/mol. The number of anilines is 1. The lowest BCUT2D eigenvalue weighted by Crippen LogP contribution is -2.35. The lowest BCUT2D eigenvalue weighted by molar-refractivity contribution is 0.0340. The second-order valence-electron chi connectivity index (χ2n) is 4.23. The van der Waals surface area contributed by atoms with E-state index >= 15 is 0 Å². The molecule has 2 N–H and O–H groups in total. The van der Waals surface area contributed by atoms with Crippen LogP contribution in [-0.2, 0) is 21.8 Å². The van der Waals surface area contributed by atoms with Crippen LogP contribution in [0.1, 0.15) is 5.56 Å². The van der Waals surface area contributed by atoms with Gasteiger partial charge >= 0.3 is 10.5 Å². The van der Waals surface area contributed by atoms with Crippen molar-refractivity contribution in [1.29, 1.82) is 0 Å². The highest BCUT2D eigenvalue weighted by molar-refractivity contribution is 7.81. The van der Waals surface area contributed by atoms with Crippen LogP contribution in [0, 0.1) is 0 Å². The first-order valence-corrected chi connectivity index (χ1v) is 7.07. The van der Waals surface area contributed by atoms with Crippen LogP contribution < -0.4 is 9.92 Å². The predicted molar refractivity (Wildman–Crippen MR) is 67.6 cm³/mol. The summed E-state index contributed by atoms with van der Waals surface area (Å²) in [6.45, 7) is 3.09. The predicted octanol–water partition coefficient (Wildman–Crippen LogP) is 0.694. The molecule has 0 aliphatic carbocycles. The van der Waals surface area contributed by atoms with E-state index in [4.69, 9.17) is 10.5 Å². The summed E-state index contributed by atoms with van der Waals surface area (Å²) in [4.78, 5) is 2.05. The van der Waals surface area contributed by atoms with E-state index in [9.17, 15) is 12.3 Å². The molecule has 6 nitrogen and oxygen atoms in total. The van der Waals surface area contributed by atoms with E-state index in [1.165, 1.54) is 12.1 Å². The van der Waals surface area contributed by atoms with Gasteiger partial charge in [-0.3, -0.25) is 4.90 Å². The standard InChI is InChI=1S/C11H15FN2O4S/c12-19(15,16)18-11-2-1-10(13)7-9(11)8-14-3-5-17-6-4-14/h1-2,7H,3-6,8,13H2. The van der Waals surface area contributed by atoms with Crippen molar-refractivity contribution in [3.63, 3.8) is 0 Å². The van der Waals surface area contributed by atoms with Crippen LogP contribution in [0.2, 0.25) is 0 Å². The highest BCUT2D eigenvalue weighted by Crippen LogP contribution is 2.25. The molecule has 0 bridgehead atoms. The summed E-state index contributed by atoms with van der Waals surface area (Å²) in [7, 11) is -5.04. The minimum atomic E-state index is -5.04. The number of benzene rings is 1. The van der Waals surface area contributed by atoms with E-state index in [0.29, 0.717) is 31.0 Å². The van der Waals surface area contributed by atoms with Gasteiger partial charge in [-0.1, -0.05) is 3.89 Å². The molecule has 1 aromatic rings. The van der Waals surface area contributed by atoms with Gasteiger partial charge in [-0.25, -0.2) is 0 Å². The summed E-state index contributed by atoms with van der Waals surface area (Å²) < 4.78 is 43.3. The van der Waals surface area contributed by atoms with Gasteiger partial charge in [0.05, 0.1) is 13.2 Å². The first-order valence-electron chi connectivity index (χ1n) is 5.76. The third kappa shape index (κ3) is 4.34. The summed E-state index contributed by atoms with van der Waals surface area (Å²) >= 11 is 0. The Morgan fingerprint density at radius 3 is 2.68 bits per heavy atom. The SMILES string of the molecule is Nc1ccc(OS(=O)(=O)F)c(CN2CCOCC2)c1. The second kappa shape index (κ2) is 5.72. The molecule has 1 fully saturated rings. The lowest BCUT2D eigenvalue weighted by Gasteiger charge is -2.27. The Labute approximate surface area is 111 Å². The van der Waals surface area contributed by atoms with Crippen molar-refractivity contribution in [1.82, 2.24) is 4.90 Å². The van der Waals surface area contributed by atoms with Crippen LogP contribution in [-0.4, -0.2) is 39.6 Å². The number of hydrogen-bond acceptors (Lipinski definition) is 6. The molecule has 1 aliphatic rings. The first-order chi connectivity index (χ1) is 8.94. The van der Waals surface area contributed by atoms with Crippen molar-refractivity contribution >= 4 is 16.2 Å². The molecule has 1 heterocycles. The fourth-order valence-corrected chi connectivity index (χ4v) is 2.29. The largest absolute Gasteiger partial charge is 0.488 e. The van der Waals surface area contributed by atoms with Crippen LogP contribution >= 0.6 is 0 Å². The monoisotopic (exact) mass is 290 g/mol. The molecule has 2 rings (SSSR count). The zero-order valence-corrected chi connectivity index (χ0v) is 11.0. The smallest absolute Gasteiger partial charge is 0.399 e.